The molecule has 3 saturated carbocycles. The molecular formula is C31H47NO4. The van der Waals surface area contributed by atoms with Crippen LogP contribution in [-0.2, 0) is 14.5 Å². The maximum atomic E-state index is 7.07. The largest absolute Gasteiger partial charge is 0.492 e. The van der Waals surface area contributed by atoms with E-state index in [2.05, 4.69) is 43.0 Å². The van der Waals surface area contributed by atoms with Crippen LogP contribution in [0.15, 0.2) is 24.3 Å². The molecule has 36 heavy (non-hydrogen) atoms. The van der Waals surface area contributed by atoms with E-state index in [1.165, 1.54) is 70.0 Å². The first-order valence-corrected chi connectivity index (χ1v) is 15.1. The molecule has 2 saturated heterocycles. The number of ether oxygens (including phenoxy) is 2. The molecule has 3 aliphatic carbocycles. The van der Waals surface area contributed by atoms with Gasteiger partial charge in [-0.25, -0.2) is 0 Å². The lowest BCUT2D eigenvalue weighted by molar-refractivity contribution is -0.382. The monoisotopic (exact) mass is 497 g/mol. The van der Waals surface area contributed by atoms with Crippen LogP contribution in [0.5, 0.6) is 5.75 Å². The fourth-order valence-electron chi connectivity index (χ4n) is 8.35. The third-order valence-corrected chi connectivity index (χ3v) is 10.1. The number of fused-ring (bicyclic) bond motifs is 3. The second kappa shape index (κ2) is 10.6. The Morgan fingerprint density at radius 1 is 0.972 bits per heavy atom. The van der Waals surface area contributed by atoms with Gasteiger partial charge < -0.3 is 9.47 Å². The van der Waals surface area contributed by atoms with Crippen LogP contribution in [-0.4, -0.2) is 42.7 Å². The third kappa shape index (κ3) is 4.98. The zero-order chi connectivity index (χ0) is 24.6. The van der Waals surface area contributed by atoms with Crippen LogP contribution in [0.3, 0.4) is 0 Å². The van der Waals surface area contributed by atoms with Crippen LogP contribution in [0.4, 0.5) is 0 Å². The molecule has 0 N–H and O–H groups in total. The molecule has 1 aromatic rings. The van der Waals surface area contributed by atoms with Crippen molar-refractivity contribution in [3.8, 4) is 5.75 Å². The molecule has 2 aliphatic heterocycles. The van der Waals surface area contributed by atoms with Gasteiger partial charge in [0, 0.05) is 31.2 Å². The summed E-state index contributed by atoms with van der Waals surface area (Å²) in [7, 11) is 0. The van der Waals surface area contributed by atoms with Gasteiger partial charge in [0.1, 0.15) is 12.4 Å². The SMILES string of the molecule is CCC1CC2CC(C)CC(C2)[C@@]12OO[C@@]1(CCCC(c3ccc(OCCN4CCCCC4)cc3)C1)O2. The molecule has 0 aromatic heterocycles. The number of likely N-dealkylation sites (tertiary alicyclic amines) is 1. The van der Waals surface area contributed by atoms with Gasteiger partial charge in [0.2, 0.25) is 11.6 Å². The lowest BCUT2D eigenvalue weighted by atomic mass is 9.61. The van der Waals surface area contributed by atoms with Crippen molar-refractivity contribution in [1.29, 1.82) is 0 Å². The Morgan fingerprint density at radius 2 is 1.81 bits per heavy atom. The van der Waals surface area contributed by atoms with Crippen molar-refractivity contribution in [2.24, 2.45) is 23.7 Å². The number of hydrogen-bond donors (Lipinski definition) is 0. The molecule has 2 bridgehead atoms. The minimum Gasteiger partial charge on any atom is -0.492 e. The maximum Gasteiger partial charge on any atom is 0.210 e. The summed E-state index contributed by atoms with van der Waals surface area (Å²) in [6.45, 7) is 8.95. The molecule has 5 nitrogen and oxygen atoms in total. The van der Waals surface area contributed by atoms with Crippen molar-refractivity contribution in [3.63, 3.8) is 0 Å². The standard InChI is InChI=1S/C31H47NO4/c1-3-27-20-24-18-23(2)19-28(21-24)31(27)34-30(35-36-31)13-7-8-26(22-30)25-9-11-29(12-10-25)33-17-16-32-14-5-4-6-15-32/h9-12,23-24,26-28H,3-8,13-22H2,1-2H3/t23?,24?,26?,27?,28?,30-,31+/m1/s1. The molecule has 200 valence electrons. The van der Waals surface area contributed by atoms with Crippen molar-refractivity contribution in [3.05, 3.63) is 29.8 Å². The van der Waals surface area contributed by atoms with Gasteiger partial charge in [-0.1, -0.05) is 32.4 Å². The topological polar surface area (TPSA) is 40.2 Å². The van der Waals surface area contributed by atoms with E-state index >= 15 is 0 Å². The van der Waals surface area contributed by atoms with Crippen molar-refractivity contribution in [1.82, 2.24) is 4.90 Å². The van der Waals surface area contributed by atoms with E-state index in [0.717, 1.165) is 56.4 Å². The zero-order valence-corrected chi connectivity index (χ0v) is 22.6. The first kappa shape index (κ1) is 25.2. The summed E-state index contributed by atoms with van der Waals surface area (Å²) in [4.78, 5) is 15.2. The first-order valence-electron chi connectivity index (χ1n) is 15.1. The number of benzene rings is 1. The highest BCUT2D eigenvalue weighted by Crippen LogP contribution is 2.59. The molecule has 1 aromatic carbocycles. The normalized spacial score (nSPS) is 41.1. The van der Waals surface area contributed by atoms with Crippen LogP contribution in [0, 0.1) is 23.7 Å². The summed E-state index contributed by atoms with van der Waals surface area (Å²) >= 11 is 0. The van der Waals surface area contributed by atoms with Crippen LogP contribution in [0.25, 0.3) is 0 Å². The molecule has 0 radical (unpaired) electrons. The quantitative estimate of drug-likeness (QED) is 0.393. The summed E-state index contributed by atoms with van der Waals surface area (Å²) in [5, 5.41) is 0. The van der Waals surface area contributed by atoms with Gasteiger partial charge in [-0.2, -0.15) is 9.78 Å². The van der Waals surface area contributed by atoms with E-state index in [0.29, 0.717) is 17.8 Å². The van der Waals surface area contributed by atoms with Gasteiger partial charge in [-0.15, -0.1) is 0 Å². The first-order chi connectivity index (χ1) is 17.6. The predicted molar refractivity (Wildman–Crippen MR) is 141 cm³/mol. The zero-order valence-electron chi connectivity index (χ0n) is 22.6. The molecule has 2 heterocycles. The highest BCUT2D eigenvalue weighted by atomic mass is 17.3. The molecule has 7 atom stereocenters. The molecule has 5 unspecified atom stereocenters. The van der Waals surface area contributed by atoms with Gasteiger partial charge >= 0.3 is 0 Å². The van der Waals surface area contributed by atoms with Gasteiger partial charge in [0.25, 0.3) is 0 Å². The Balaban J connectivity index is 1.09. The molecule has 0 amide bonds. The smallest absolute Gasteiger partial charge is 0.210 e. The van der Waals surface area contributed by atoms with E-state index < -0.39 is 11.6 Å². The van der Waals surface area contributed by atoms with Gasteiger partial charge in [0.05, 0.1) is 0 Å². The van der Waals surface area contributed by atoms with Crippen LogP contribution < -0.4 is 4.74 Å². The lowest BCUT2D eigenvalue weighted by Gasteiger charge is -2.51. The molecule has 5 fully saturated rings. The summed E-state index contributed by atoms with van der Waals surface area (Å²) in [6.07, 6.45) is 14.3. The van der Waals surface area contributed by atoms with E-state index in [9.17, 15) is 0 Å². The number of piperidine rings is 1. The Bertz CT molecular complexity index is 868. The van der Waals surface area contributed by atoms with E-state index in [4.69, 9.17) is 19.2 Å². The Morgan fingerprint density at radius 3 is 2.61 bits per heavy atom. The summed E-state index contributed by atoms with van der Waals surface area (Å²) in [6, 6.07) is 8.82. The Kier molecular flexibility index (Phi) is 7.37. The van der Waals surface area contributed by atoms with E-state index in [1.54, 1.807) is 0 Å². The highest BCUT2D eigenvalue weighted by molar-refractivity contribution is 5.30. The van der Waals surface area contributed by atoms with Crippen LogP contribution in [0.2, 0.25) is 0 Å². The Labute approximate surface area is 218 Å². The molecule has 5 heteroatoms. The number of nitrogens with zero attached hydrogens (tertiary/aromatic N) is 1. The summed E-state index contributed by atoms with van der Waals surface area (Å²) in [5.74, 6) is 2.78. The van der Waals surface area contributed by atoms with E-state index in [-0.39, 0.29) is 0 Å². The van der Waals surface area contributed by atoms with Crippen molar-refractivity contribution < 1.29 is 19.2 Å². The van der Waals surface area contributed by atoms with E-state index in [1.807, 2.05) is 0 Å². The molecule has 5 aliphatic rings. The van der Waals surface area contributed by atoms with Gasteiger partial charge in [-0.3, -0.25) is 4.90 Å². The van der Waals surface area contributed by atoms with Crippen LogP contribution in [0.1, 0.15) is 102 Å². The van der Waals surface area contributed by atoms with Gasteiger partial charge in [0.15, 0.2) is 0 Å². The lowest BCUT2D eigenvalue weighted by Crippen LogP contribution is -2.55. The number of hydrogen-bond acceptors (Lipinski definition) is 5. The minimum absolute atomic E-state index is 0.432. The van der Waals surface area contributed by atoms with Crippen LogP contribution >= 0.6 is 0 Å². The average Bonchev–Trinajstić information content (AvgIpc) is 3.26. The number of rotatable bonds is 6. The van der Waals surface area contributed by atoms with Crippen molar-refractivity contribution in [2.75, 3.05) is 26.2 Å². The van der Waals surface area contributed by atoms with Crippen molar-refractivity contribution in [2.45, 2.75) is 108 Å². The maximum absolute atomic E-state index is 7.07. The summed E-state index contributed by atoms with van der Waals surface area (Å²) < 4.78 is 13.1. The Hall–Kier alpha value is -1.14. The second-order valence-corrected chi connectivity index (χ2v) is 12.7. The molecular weight excluding hydrogens is 450 g/mol. The van der Waals surface area contributed by atoms with Crippen molar-refractivity contribution >= 4 is 0 Å². The van der Waals surface area contributed by atoms with Gasteiger partial charge in [-0.05, 0) is 106 Å². The fraction of sp³-hybridized carbons (Fsp3) is 0.806. The second-order valence-electron chi connectivity index (χ2n) is 12.7. The fourth-order valence-corrected chi connectivity index (χ4v) is 8.35. The molecule has 6 rings (SSSR count). The predicted octanol–water partition coefficient (Wildman–Crippen LogP) is 7.06. The average molecular weight is 498 g/mol. The minimum atomic E-state index is -0.590. The molecule has 2 spiro atoms. The highest BCUT2D eigenvalue weighted by Gasteiger charge is 2.63. The third-order valence-electron chi connectivity index (χ3n) is 10.1. The summed E-state index contributed by atoms with van der Waals surface area (Å²) in [5.41, 5.74) is 1.37.